The average molecular weight is 381 g/mol. The summed E-state index contributed by atoms with van der Waals surface area (Å²) in [5, 5.41) is 9.80. The highest BCUT2D eigenvalue weighted by Gasteiger charge is 2.44. The van der Waals surface area contributed by atoms with E-state index in [0.717, 1.165) is 11.3 Å². The van der Waals surface area contributed by atoms with Crippen molar-refractivity contribution in [2.75, 3.05) is 32.2 Å². The number of benzene rings is 2. The Labute approximate surface area is 164 Å². The summed E-state index contributed by atoms with van der Waals surface area (Å²) in [6.45, 7) is -0.641. The molecule has 1 N–H and O–H groups in total. The van der Waals surface area contributed by atoms with E-state index in [2.05, 4.69) is 0 Å². The van der Waals surface area contributed by atoms with Crippen LogP contribution in [0, 0.1) is 0 Å². The molecule has 1 unspecified atom stereocenters. The normalized spacial score (nSPS) is 20.1. The molecule has 2 aromatic carbocycles. The third kappa shape index (κ3) is 4.40. The van der Waals surface area contributed by atoms with Gasteiger partial charge in [-0.1, -0.05) is 30.3 Å². The highest BCUT2D eigenvalue weighted by atomic mass is 16.6. The lowest BCUT2D eigenvalue weighted by molar-refractivity contribution is -0.154. The number of ether oxygens (including phenoxy) is 2. The molecule has 1 fully saturated rings. The van der Waals surface area contributed by atoms with Crippen LogP contribution in [0.3, 0.4) is 0 Å². The van der Waals surface area contributed by atoms with E-state index in [1.165, 1.54) is 0 Å². The number of aliphatic hydroxyl groups excluding tert-OH is 1. The molecule has 0 aliphatic carbocycles. The van der Waals surface area contributed by atoms with E-state index in [1.54, 1.807) is 36.4 Å². The van der Waals surface area contributed by atoms with Gasteiger partial charge in [-0.3, -0.25) is 0 Å². The molecule has 1 atom stereocenters. The smallest absolute Gasteiger partial charge is 0.338 e. The van der Waals surface area contributed by atoms with Gasteiger partial charge in [0.15, 0.2) is 5.60 Å². The van der Waals surface area contributed by atoms with Crippen LogP contribution in [0.5, 0.6) is 0 Å². The van der Waals surface area contributed by atoms with Crippen LogP contribution in [-0.2, 0) is 14.3 Å². The maximum absolute atomic E-state index is 12.3. The topological polar surface area (TPSA) is 76.1 Å². The highest BCUT2D eigenvalue weighted by Crippen LogP contribution is 2.32. The first-order chi connectivity index (χ1) is 13.4. The Bertz CT molecular complexity index is 874. The van der Waals surface area contributed by atoms with Crippen molar-refractivity contribution in [2.24, 2.45) is 0 Å². The Balaban J connectivity index is 1.70. The van der Waals surface area contributed by atoms with Gasteiger partial charge < -0.3 is 19.5 Å². The summed E-state index contributed by atoms with van der Waals surface area (Å²) in [5.41, 5.74) is 1.48. The van der Waals surface area contributed by atoms with Crippen molar-refractivity contribution in [2.45, 2.75) is 12.0 Å². The lowest BCUT2D eigenvalue weighted by atomic mass is 9.98. The van der Waals surface area contributed by atoms with E-state index < -0.39 is 24.1 Å². The van der Waals surface area contributed by atoms with E-state index in [9.17, 15) is 14.7 Å². The molecule has 3 rings (SSSR count). The van der Waals surface area contributed by atoms with Crippen LogP contribution in [-0.4, -0.2) is 50.0 Å². The van der Waals surface area contributed by atoms with Crippen LogP contribution in [0.25, 0.3) is 6.08 Å². The summed E-state index contributed by atoms with van der Waals surface area (Å²) in [6, 6.07) is 16.3. The average Bonchev–Trinajstić information content (AvgIpc) is 3.03. The minimum atomic E-state index is -1.25. The summed E-state index contributed by atoms with van der Waals surface area (Å²) < 4.78 is 10.7. The molecule has 0 saturated carbocycles. The monoisotopic (exact) mass is 381 g/mol. The number of carbonyl (C=O) groups is 2. The van der Waals surface area contributed by atoms with Crippen LogP contribution >= 0.6 is 0 Å². The van der Waals surface area contributed by atoms with Crippen LogP contribution in [0.1, 0.15) is 22.3 Å². The first-order valence-corrected chi connectivity index (χ1v) is 8.97. The van der Waals surface area contributed by atoms with E-state index in [0.29, 0.717) is 11.1 Å². The molecule has 1 aliphatic rings. The molecule has 1 saturated heterocycles. The number of hydrogen-bond donors (Lipinski definition) is 1. The number of cyclic esters (lactones) is 1. The lowest BCUT2D eigenvalue weighted by Crippen LogP contribution is -2.39. The predicted molar refractivity (Wildman–Crippen MR) is 106 cm³/mol. The number of hydrogen-bond acceptors (Lipinski definition) is 6. The Hall–Kier alpha value is -3.12. The molecule has 146 valence electrons. The van der Waals surface area contributed by atoms with Gasteiger partial charge in [0.2, 0.25) is 0 Å². The molecule has 1 heterocycles. The third-order valence-electron chi connectivity index (χ3n) is 4.60. The largest absolute Gasteiger partial charge is 0.458 e. The molecule has 0 radical (unpaired) electrons. The van der Waals surface area contributed by atoms with Gasteiger partial charge in [0.1, 0.15) is 6.61 Å². The fraction of sp³-hybridized carbons (Fsp3) is 0.273. The van der Waals surface area contributed by atoms with Gasteiger partial charge in [0.05, 0.1) is 12.2 Å². The minimum Gasteiger partial charge on any atom is -0.458 e. The Morgan fingerprint density at radius 1 is 1.18 bits per heavy atom. The molecule has 0 bridgehead atoms. The second kappa shape index (κ2) is 8.27. The first kappa shape index (κ1) is 19.6. The molecule has 0 spiro atoms. The number of nitrogens with zero attached hydrogens (tertiary/aromatic N) is 1. The van der Waals surface area contributed by atoms with Crippen molar-refractivity contribution in [1.82, 2.24) is 0 Å². The zero-order valence-corrected chi connectivity index (χ0v) is 15.9. The first-order valence-electron chi connectivity index (χ1n) is 8.97. The third-order valence-corrected chi connectivity index (χ3v) is 4.60. The van der Waals surface area contributed by atoms with Crippen LogP contribution < -0.4 is 4.90 Å². The minimum absolute atomic E-state index is 0.167. The van der Waals surface area contributed by atoms with Gasteiger partial charge in [-0.25, -0.2) is 9.59 Å². The van der Waals surface area contributed by atoms with Crippen molar-refractivity contribution in [3.05, 3.63) is 71.3 Å². The second-order valence-corrected chi connectivity index (χ2v) is 7.01. The van der Waals surface area contributed by atoms with Crippen LogP contribution in [0.2, 0.25) is 0 Å². The molecule has 6 heteroatoms. The summed E-state index contributed by atoms with van der Waals surface area (Å²) in [5.74, 6) is -1.04. The van der Waals surface area contributed by atoms with Gasteiger partial charge in [0.25, 0.3) is 0 Å². The molecular weight excluding hydrogens is 358 g/mol. The molecular formula is C22H23NO5. The Morgan fingerprint density at radius 3 is 2.46 bits per heavy atom. The molecule has 2 aromatic rings. The van der Waals surface area contributed by atoms with Crippen molar-refractivity contribution in [1.29, 1.82) is 0 Å². The summed E-state index contributed by atoms with van der Waals surface area (Å²) in [4.78, 5) is 26.4. The second-order valence-electron chi connectivity index (χ2n) is 7.01. The number of anilines is 1. The van der Waals surface area contributed by atoms with Gasteiger partial charge in [-0.15, -0.1) is 0 Å². The summed E-state index contributed by atoms with van der Waals surface area (Å²) in [6.07, 6.45) is 1.90. The van der Waals surface area contributed by atoms with Crippen molar-refractivity contribution < 1.29 is 24.2 Å². The van der Waals surface area contributed by atoms with Crippen LogP contribution in [0.15, 0.2) is 60.2 Å². The predicted octanol–water partition coefficient (Wildman–Crippen LogP) is 2.67. The fourth-order valence-corrected chi connectivity index (χ4v) is 2.97. The maximum Gasteiger partial charge on any atom is 0.338 e. The number of esters is 2. The number of rotatable bonds is 6. The molecule has 1 aliphatic heterocycles. The Kier molecular flexibility index (Phi) is 5.80. The molecule has 0 amide bonds. The van der Waals surface area contributed by atoms with Gasteiger partial charge in [-0.05, 0) is 35.9 Å². The summed E-state index contributed by atoms with van der Waals surface area (Å²) >= 11 is 0. The quantitative estimate of drug-likeness (QED) is 0.612. The number of carbonyl (C=O) groups excluding carboxylic acids is 2. The van der Waals surface area contributed by atoms with Crippen LogP contribution in [0.4, 0.5) is 5.69 Å². The highest BCUT2D eigenvalue weighted by molar-refractivity contribution is 5.96. The van der Waals surface area contributed by atoms with E-state index >= 15 is 0 Å². The molecule has 28 heavy (non-hydrogen) atoms. The van der Waals surface area contributed by atoms with Gasteiger partial charge in [-0.2, -0.15) is 0 Å². The Morgan fingerprint density at radius 2 is 1.86 bits per heavy atom. The van der Waals surface area contributed by atoms with E-state index in [-0.39, 0.29) is 13.0 Å². The standard InChI is InChI=1S/C22H23NO5/c1-23(2)19-10-8-16(9-11-19)12-18-13-22(14-24,28-21(18)26)15-27-20(25)17-6-4-3-5-7-17/h3-12,24H,13-15H2,1-2H3/b18-12-. The maximum atomic E-state index is 12.3. The van der Waals surface area contributed by atoms with Crippen molar-refractivity contribution in [3.63, 3.8) is 0 Å². The zero-order valence-electron chi connectivity index (χ0n) is 15.9. The molecule has 0 aromatic heterocycles. The van der Waals surface area contributed by atoms with Crippen molar-refractivity contribution >= 4 is 23.7 Å². The molecule has 6 nitrogen and oxygen atoms in total. The number of aliphatic hydroxyl groups is 1. The van der Waals surface area contributed by atoms with E-state index in [1.807, 2.05) is 43.3 Å². The van der Waals surface area contributed by atoms with Gasteiger partial charge >= 0.3 is 11.9 Å². The van der Waals surface area contributed by atoms with Gasteiger partial charge in [0, 0.05) is 31.8 Å². The summed E-state index contributed by atoms with van der Waals surface area (Å²) in [7, 11) is 3.91. The van der Waals surface area contributed by atoms with Crippen molar-refractivity contribution in [3.8, 4) is 0 Å². The van der Waals surface area contributed by atoms with E-state index in [4.69, 9.17) is 9.47 Å². The zero-order chi connectivity index (χ0) is 20.1. The SMILES string of the molecule is CN(C)c1ccc(/C=C2/CC(CO)(COC(=O)c3ccccc3)OC2=O)cc1. The lowest BCUT2D eigenvalue weighted by Gasteiger charge is -2.24. The fourth-order valence-electron chi connectivity index (χ4n) is 2.97.